The van der Waals surface area contributed by atoms with E-state index < -0.39 is 0 Å². The minimum atomic E-state index is 0.297. The van der Waals surface area contributed by atoms with Crippen LogP contribution in [0.5, 0.6) is 5.75 Å². The first-order chi connectivity index (χ1) is 8.69. The quantitative estimate of drug-likeness (QED) is 0.909. The fourth-order valence-electron chi connectivity index (χ4n) is 2.01. The molecule has 0 amide bonds. The summed E-state index contributed by atoms with van der Waals surface area (Å²) in [5.74, 6) is 0.595. The van der Waals surface area contributed by atoms with Crippen LogP contribution in [0.4, 0.5) is 0 Å². The maximum absolute atomic E-state index is 9.27. The SMILES string of the molecule is NCC(Cc1ccc(O)cc1)c1cccc(Br)c1. The first-order valence-corrected chi connectivity index (χ1v) is 6.72. The van der Waals surface area contributed by atoms with E-state index in [2.05, 4.69) is 28.1 Å². The van der Waals surface area contributed by atoms with Crippen LogP contribution in [0, 0.1) is 0 Å². The zero-order valence-electron chi connectivity index (χ0n) is 10.0. The first kappa shape index (κ1) is 13.1. The number of aromatic hydroxyl groups is 1. The Balaban J connectivity index is 2.17. The van der Waals surface area contributed by atoms with Gasteiger partial charge in [0.05, 0.1) is 0 Å². The molecule has 1 atom stereocenters. The number of hydrogen-bond donors (Lipinski definition) is 2. The van der Waals surface area contributed by atoms with Gasteiger partial charge in [-0.05, 0) is 48.4 Å². The third-order valence-corrected chi connectivity index (χ3v) is 3.52. The maximum atomic E-state index is 9.27. The molecule has 0 aliphatic heterocycles. The topological polar surface area (TPSA) is 46.2 Å². The third-order valence-electron chi connectivity index (χ3n) is 3.02. The van der Waals surface area contributed by atoms with Crippen molar-refractivity contribution in [3.05, 3.63) is 64.1 Å². The normalized spacial score (nSPS) is 12.3. The minimum Gasteiger partial charge on any atom is -0.508 e. The van der Waals surface area contributed by atoms with E-state index >= 15 is 0 Å². The minimum absolute atomic E-state index is 0.297. The molecule has 2 nitrogen and oxygen atoms in total. The van der Waals surface area contributed by atoms with Gasteiger partial charge in [0.2, 0.25) is 0 Å². The third kappa shape index (κ3) is 3.34. The highest BCUT2D eigenvalue weighted by Crippen LogP contribution is 2.23. The van der Waals surface area contributed by atoms with Gasteiger partial charge in [-0.3, -0.25) is 0 Å². The number of nitrogens with two attached hydrogens (primary N) is 1. The van der Waals surface area contributed by atoms with Gasteiger partial charge in [-0.1, -0.05) is 40.2 Å². The number of benzene rings is 2. The van der Waals surface area contributed by atoms with E-state index in [1.54, 1.807) is 12.1 Å². The Kier molecular flexibility index (Phi) is 4.39. The molecule has 2 aromatic rings. The summed E-state index contributed by atoms with van der Waals surface area (Å²) >= 11 is 3.48. The van der Waals surface area contributed by atoms with Gasteiger partial charge < -0.3 is 10.8 Å². The van der Waals surface area contributed by atoms with Crippen LogP contribution in [0.2, 0.25) is 0 Å². The van der Waals surface area contributed by atoms with Gasteiger partial charge in [-0.25, -0.2) is 0 Å². The van der Waals surface area contributed by atoms with Gasteiger partial charge in [0.1, 0.15) is 5.75 Å². The average molecular weight is 306 g/mol. The second-order valence-electron chi connectivity index (χ2n) is 4.36. The molecule has 2 aromatic carbocycles. The van der Waals surface area contributed by atoms with Crippen molar-refractivity contribution >= 4 is 15.9 Å². The number of halogens is 1. The lowest BCUT2D eigenvalue weighted by molar-refractivity contribution is 0.475. The van der Waals surface area contributed by atoms with Gasteiger partial charge in [0.25, 0.3) is 0 Å². The van der Waals surface area contributed by atoms with Crippen molar-refractivity contribution in [2.75, 3.05) is 6.54 Å². The Morgan fingerprint density at radius 2 is 1.83 bits per heavy atom. The van der Waals surface area contributed by atoms with Gasteiger partial charge in [0, 0.05) is 10.4 Å². The van der Waals surface area contributed by atoms with Crippen LogP contribution in [-0.4, -0.2) is 11.7 Å². The molecule has 1 unspecified atom stereocenters. The van der Waals surface area contributed by atoms with E-state index in [1.165, 1.54) is 11.1 Å². The summed E-state index contributed by atoms with van der Waals surface area (Å²) in [7, 11) is 0. The molecule has 94 valence electrons. The molecule has 0 aliphatic rings. The van der Waals surface area contributed by atoms with Crippen molar-refractivity contribution in [1.29, 1.82) is 0 Å². The molecule has 0 spiro atoms. The van der Waals surface area contributed by atoms with E-state index in [4.69, 9.17) is 5.73 Å². The molecule has 0 saturated heterocycles. The van der Waals surface area contributed by atoms with Crippen LogP contribution in [0.15, 0.2) is 53.0 Å². The molecule has 0 aromatic heterocycles. The molecule has 18 heavy (non-hydrogen) atoms. The van der Waals surface area contributed by atoms with E-state index in [0.29, 0.717) is 18.2 Å². The Morgan fingerprint density at radius 3 is 2.44 bits per heavy atom. The monoisotopic (exact) mass is 305 g/mol. The highest BCUT2D eigenvalue weighted by Gasteiger charge is 2.11. The van der Waals surface area contributed by atoms with Crippen molar-refractivity contribution in [1.82, 2.24) is 0 Å². The lowest BCUT2D eigenvalue weighted by Gasteiger charge is -2.15. The first-order valence-electron chi connectivity index (χ1n) is 5.92. The zero-order valence-corrected chi connectivity index (χ0v) is 11.6. The van der Waals surface area contributed by atoms with Crippen LogP contribution in [0.25, 0.3) is 0 Å². The summed E-state index contributed by atoms with van der Waals surface area (Å²) in [6, 6.07) is 15.6. The van der Waals surface area contributed by atoms with E-state index in [-0.39, 0.29) is 0 Å². The van der Waals surface area contributed by atoms with Gasteiger partial charge in [-0.15, -0.1) is 0 Å². The molecule has 0 fully saturated rings. The fraction of sp³-hybridized carbons (Fsp3) is 0.200. The van der Waals surface area contributed by atoms with Crippen molar-refractivity contribution in [2.45, 2.75) is 12.3 Å². The van der Waals surface area contributed by atoms with Crippen LogP contribution in [0.3, 0.4) is 0 Å². The predicted molar refractivity (Wildman–Crippen MR) is 77.7 cm³/mol. The molecular weight excluding hydrogens is 290 g/mol. The molecule has 0 radical (unpaired) electrons. The standard InChI is InChI=1S/C15H16BrNO/c16-14-3-1-2-12(9-14)13(10-17)8-11-4-6-15(18)7-5-11/h1-7,9,13,18H,8,10,17H2. The molecule has 0 heterocycles. The molecule has 3 heteroatoms. The summed E-state index contributed by atoms with van der Waals surface area (Å²) in [6.45, 7) is 0.608. The van der Waals surface area contributed by atoms with Crippen molar-refractivity contribution in [3.8, 4) is 5.75 Å². The van der Waals surface area contributed by atoms with Gasteiger partial charge >= 0.3 is 0 Å². The average Bonchev–Trinajstić information content (AvgIpc) is 2.38. The second-order valence-corrected chi connectivity index (χ2v) is 5.27. The lowest BCUT2D eigenvalue weighted by Crippen LogP contribution is -2.15. The van der Waals surface area contributed by atoms with Crippen LogP contribution < -0.4 is 5.73 Å². The Bertz CT molecular complexity index is 510. The maximum Gasteiger partial charge on any atom is 0.115 e. The molecule has 2 rings (SSSR count). The Hall–Kier alpha value is -1.32. The van der Waals surface area contributed by atoms with Crippen molar-refractivity contribution < 1.29 is 5.11 Å². The smallest absolute Gasteiger partial charge is 0.115 e. The van der Waals surface area contributed by atoms with Gasteiger partial charge in [0.15, 0.2) is 0 Å². The lowest BCUT2D eigenvalue weighted by atomic mass is 9.92. The highest BCUT2D eigenvalue weighted by molar-refractivity contribution is 9.10. The van der Waals surface area contributed by atoms with E-state index in [9.17, 15) is 5.11 Å². The van der Waals surface area contributed by atoms with Crippen LogP contribution in [0.1, 0.15) is 17.0 Å². The van der Waals surface area contributed by atoms with Crippen LogP contribution in [-0.2, 0) is 6.42 Å². The van der Waals surface area contributed by atoms with Crippen LogP contribution >= 0.6 is 15.9 Å². The number of phenols is 1. The van der Waals surface area contributed by atoms with Gasteiger partial charge in [-0.2, -0.15) is 0 Å². The number of phenolic OH excluding ortho intramolecular Hbond substituents is 1. The summed E-state index contributed by atoms with van der Waals surface area (Å²) in [4.78, 5) is 0. The predicted octanol–water partition coefficient (Wildman–Crippen LogP) is 3.44. The fourth-order valence-corrected chi connectivity index (χ4v) is 2.43. The van der Waals surface area contributed by atoms with Crippen molar-refractivity contribution in [3.63, 3.8) is 0 Å². The summed E-state index contributed by atoms with van der Waals surface area (Å²) in [5.41, 5.74) is 8.29. The number of rotatable bonds is 4. The summed E-state index contributed by atoms with van der Waals surface area (Å²) in [6.07, 6.45) is 0.882. The number of hydrogen-bond acceptors (Lipinski definition) is 2. The highest BCUT2D eigenvalue weighted by atomic mass is 79.9. The molecule has 0 saturated carbocycles. The molecule has 0 bridgehead atoms. The zero-order chi connectivity index (χ0) is 13.0. The van der Waals surface area contributed by atoms with E-state index in [0.717, 1.165) is 10.9 Å². The summed E-state index contributed by atoms with van der Waals surface area (Å²) < 4.78 is 1.07. The second kappa shape index (κ2) is 6.03. The summed E-state index contributed by atoms with van der Waals surface area (Å²) in [5, 5.41) is 9.27. The van der Waals surface area contributed by atoms with E-state index in [1.807, 2.05) is 24.3 Å². The Labute approximate surface area is 116 Å². The molecule has 0 aliphatic carbocycles. The largest absolute Gasteiger partial charge is 0.508 e. The molecular formula is C15H16BrNO. The molecule has 3 N–H and O–H groups in total. The Morgan fingerprint density at radius 1 is 1.11 bits per heavy atom. The van der Waals surface area contributed by atoms with Crippen molar-refractivity contribution in [2.24, 2.45) is 5.73 Å².